The lowest BCUT2D eigenvalue weighted by molar-refractivity contribution is 0.556. The molecule has 0 saturated heterocycles. The van der Waals surface area contributed by atoms with E-state index in [1.807, 2.05) is 0 Å². The SMILES string of the molecule is CCCCCCCCCCCCc1ccccc1.O=S(=O)=O. The molecule has 0 aliphatic heterocycles. The summed E-state index contributed by atoms with van der Waals surface area (Å²) in [6.07, 6.45) is 15.5. The maximum Gasteiger partial charge on any atom is 0.425 e. The van der Waals surface area contributed by atoms with Gasteiger partial charge in [-0.05, 0) is 18.4 Å². The molecule has 0 heterocycles. The molecule has 1 aromatic carbocycles. The molecule has 0 aliphatic rings. The normalized spacial score (nSPS) is 9.86. The Morgan fingerprint density at radius 1 is 0.682 bits per heavy atom. The summed E-state index contributed by atoms with van der Waals surface area (Å²) in [5, 5.41) is 0. The summed E-state index contributed by atoms with van der Waals surface area (Å²) in [5.41, 5.74) is 1.50. The number of rotatable bonds is 11. The number of hydrogen-bond donors (Lipinski definition) is 0. The van der Waals surface area contributed by atoms with Crippen molar-refractivity contribution in [3.8, 4) is 0 Å². The highest BCUT2D eigenvalue weighted by Gasteiger charge is 1.94. The fourth-order valence-corrected chi connectivity index (χ4v) is 2.46. The summed E-state index contributed by atoms with van der Waals surface area (Å²) in [5.74, 6) is 0. The fraction of sp³-hybridized carbons (Fsp3) is 0.667. The third-order valence-corrected chi connectivity index (χ3v) is 3.66. The number of aryl methyl sites for hydroxylation is 1. The smallest absolute Gasteiger partial charge is 0.142 e. The van der Waals surface area contributed by atoms with Crippen LogP contribution in [0.15, 0.2) is 30.3 Å². The Bertz CT molecular complexity index is 433. The molecule has 0 amide bonds. The summed E-state index contributed by atoms with van der Waals surface area (Å²) in [4.78, 5) is 0. The van der Waals surface area contributed by atoms with Crippen LogP contribution in [-0.4, -0.2) is 12.6 Å². The first-order chi connectivity index (χ1) is 10.7. The first-order valence-electron chi connectivity index (χ1n) is 8.47. The van der Waals surface area contributed by atoms with Gasteiger partial charge in [-0.3, -0.25) is 0 Å². The van der Waals surface area contributed by atoms with Crippen LogP contribution in [0.25, 0.3) is 0 Å². The number of unbranched alkanes of at least 4 members (excludes halogenated alkanes) is 9. The molecule has 0 aliphatic carbocycles. The van der Waals surface area contributed by atoms with Crippen LogP contribution in [0.5, 0.6) is 0 Å². The quantitative estimate of drug-likeness (QED) is 0.529. The van der Waals surface area contributed by atoms with Gasteiger partial charge in [-0.2, -0.15) is 0 Å². The average molecular weight is 327 g/mol. The molecule has 0 bridgehead atoms. The minimum atomic E-state index is -3.11. The van der Waals surface area contributed by atoms with E-state index >= 15 is 0 Å². The van der Waals surface area contributed by atoms with Crippen molar-refractivity contribution in [2.45, 2.75) is 77.6 Å². The van der Waals surface area contributed by atoms with Crippen molar-refractivity contribution < 1.29 is 12.6 Å². The van der Waals surface area contributed by atoms with E-state index in [4.69, 9.17) is 12.6 Å². The van der Waals surface area contributed by atoms with Crippen molar-refractivity contribution in [1.29, 1.82) is 0 Å². The van der Waals surface area contributed by atoms with E-state index in [1.165, 1.54) is 76.2 Å². The van der Waals surface area contributed by atoms with Gasteiger partial charge in [-0.25, -0.2) is 0 Å². The predicted molar refractivity (Wildman–Crippen MR) is 91.7 cm³/mol. The lowest BCUT2D eigenvalue weighted by atomic mass is 10.0. The number of benzene rings is 1. The molecule has 0 atom stereocenters. The van der Waals surface area contributed by atoms with Gasteiger partial charge in [0.2, 0.25) is 0 Å². The van der Waals surface area contributed by atoms with E-state index in [1.54, 1.807) is 0 Å². The van der Waals surface area contributed by atoms with E-state index in [9.17, 15) is 0 Å². The highest BCUT2D eigenvalue weighted by molar-refractivity contribution is 7.59. The van der Waals surface area contributed by atoms with Crippen molar-refractivity contribution in [1.82, 2.24) is 0 Å². The molecular weight excluding hydrogens is 296 g/mol. The zero-order chi connectivity index (χ0) is 16.5. The molecule has 1 aromatic rings. The van der Waals surface area contributed by atoms with E-state index in [-0.39, 0.29) is 0 Å². The van der Waals surface area contributed by atoms with Gasteiger partial charge in [0.25, 0.3) is 0 Å². The van der Waals surface area contributed by atoms with Gasteiger partial charge < -0.3 is 0 Å². The van der Waals surface area contributed by atoms with Crippen molar-refractivity contribution in [2.24, 2.45) is 0 Å². The third-order valence-electron chi connectivity index (χ3n) is 3.66. The molecule has 0 radical (unpaired) electrons. The molecule has 0 unspecified atom stereocenters. The highest BCUT2D eigenvalue weighted by Crippen LogP contribution is 2.12. The second-order valence-electron chi connectivity index (χ2n) is 5.62. The van der Waals surface area contributed by atoms with Crippen LogP contribution in [0.1, 0.15) is 76.7 Å². The lowest BCUT2D eigenvalue weighted by Crippen LogP contribution is -1.86. The van der Waals surface area contributed by atoms with Gasteiger partial charge >= 0.3 is 10.6 Å². The van der Waals surface area contributed by atoms with Gasteiger partial charge in [0.1, 0.15) is 0 Å². The fourth-order valence-electron chi connectivity index (χ4n) is 2.46. The van der Waals surface area contributed by atoms with Gasteiger partial charge in [0, 0.05) is 0 Å². The summed E-state index contributed by atoms with van der Waals surface area (Å²) >= 11 is 0. The minimum absolute atomic E-state index is 1.26. The Labute approximate surface area is 137 Å². The van der Waals surface area contributed by atoms with Crippen molar-refractivity contribution >= 4 is 10.6 Å². The third kappa shape index (κ3) is 16.9. The van der Waals surface area contributed by atoms with Crippen LogP contribution in [0.3, 0.4) is 0 Å². The largest absolute Gasteiger partial charge is 0.425 e. The zero-order valence-electron chi connectivity index (χ0n) is 13.8. The molecule has 0 fully saturated rings. The Morgan fingerprint density at radius 3 is 1.55 bits per heavy atom. The monoisotopic (exact) mass is 326 g/mol. The zero-order valence-corrected chi connectivity index (χ0v) is 14.6. The van der Waals surface area contributed by atoms with Gasteiger partial charge in [-0.1, -0.05) is 95.0 Å². The molecule has 0 aromatic heterocycles. The van der Waals surface area contributed by atoms with Crippen LogP contribution in [-0.2, 0) is 17.0 Å². The van der Waals surface area contributed by atoms with E-state index in [0.29, 0.717) is 0 Å². The van der Waals surface area contributed by atoms with Gasteiger partial charge in [0.15, 0.2) is 0 Å². The first kappa shape index (κ1) is 20.8. The average Bonchev–Trinajstić information content (AvgIpc) is 2.50. The second kappa shape index (κ2) is 16.2. The molecule has 126 valence electrons. The Kier molecular flexibility index (Phi) is 15.4. The van der Waals surface area contributed by atoms with Gasteiger partial charge in [0.05, 0.1) is 0 Å². The molecule has 22 heavy (non-hydrogen) atoms. The van der Waals surface area contributed by atoms with E-state index in [2.05, 4.69) is 37.3 Å². The molecular formula is C18H30O3S. The van der Waals surface area contributed by atoms with Crippen LogP contribution in [0, 0.1) is 0 Å². The molecule has 1 rings (SSSR count). The second-order valence-corrected chi connectivity index (χ2v) is 6.03. The van der Waals surface area contributed by atoms with Crippen LogP contribution in [0.2, 0.25) is 0 Å². The summed E-state index contributed by atoms with van der Waals surface area (Å²) in [6, 6.07) is 10.9. The predicted octanol–water partition coefficient (Wildman–Crippen LogP) is 5.15. The molecule has 0 N–H and O–H groups in total. The summed E-state index contributed by atoms with van der Waals surface area (Å²) in [6.45, 7) is 2.28. The van der Waals surface area contributed by atoms with Crippen LogP contribution < -0.4 is 0 Å². The van der Waals surface area contributed by atoms with Gasteiger partial charge in [-0.15, -0.1) is 12.6 Å². The molecule has 0 saturated carbocycles. The Morgan fingerprint density at radius 2 is 1.09 bits per heavy atom. The molecule has 4 heteroatoms. The Balaban J connectivity index is 0.000000980. The summed E-state index contributed by atoms with van der Waals surface area (Å²) < 4.78 is 25.3. The Hall–Kier alpha value is -1.16. The van der Waals surface area contributed by atoms with Crippen molar-refractivity contribution in [3.63, 3.8) is 0 Å². The maximum absolute atomic E-state index is 8.44. The highest BCUT2D eigenvalue weighted by atomic mass is 32.2. The summed E-state index contributed by atoms with van der Waals surface area (Å²) in [7, 11) is -3.11. The number of hydrogen-bond acceptors (Lipinski definition) is 3. The maximum atomic E-state index is 8.44. The molecule has 0 spiro atoms. The topological polar surface area (TPSA) is 51.2 Å². The van der Waals surface area contributed by atoms with E-state index < -0.39 is 10.6 Å². The lowest BCUT2D eigenvalue weighted by Gasteiger charge is -2.03. The van der Waals surface area contributed by atoms with Crippen LogP contribution in [0.4, 0.5) is 0 Å². The van der Waals surface area contributed by atoms with E-state index in [0.717, 1.165) is 0 Å². The first-order valence-corrected chi connectivity index (χ1v) is 9.47. The molecule has 3 nitrogen and oxygen atoms in total. The van der Waals surface area contributed by atoms with Crippen LogP contribution >= 0.6 is 0 Å². The minimum Gasteiger partial charge on any atom is -0.142 e. The standard InChI is InChI=1S/C18H30.O3S/c1-2-3-4-5-6-7-8-9-10-12-15-18-16-13-11-14-17-18;1-4(2)3/h11,13-14,16-17H,2-10,12,15H2,1H3;. The van der Waals surface area contributed by atoms with Crippen molar-refractivity contribution in [2.75, 3.05) is 0 Å². The van der Waals surface area contributed by atoms with Crippen molar-refractivity contribution in [3.05, 3.63) is 35.9 Å².